The van der Waals surface area contributed by atoms with E-state index in [1.54, 1.807) is 24.3 Å². The first-order valence-electron chi connectivity index (χ1n) is 8.48. The fraction of sp³-hybridized carbons (Fsp3) is 0.316. The number of anilines is 1. The van der Waals surface area contributed by atoms with Gasteiger partial charge >= 0.3 is 5.97 Å². The van der Waals surface area contributed by atoms with E-state index >= 15 is 0 Å². The van der Waals surface area contributed by atoms with E-state index in [1.165, 1.54) is 18.3 Å². The van der Waals surface area contributed by atoms with Crippen LogP contribution in [0.25, 0.3) is 0 Å². The summed E-state index contributed by atoms with van der Waals surface area (Å²) in [7, 11) is 0. The van der Waals surface area contributed by atoms with Crippen LogP contribution in [-0.2, 0) is 0 Å². The Morgan fingerprint density at radius 2 is 1.81 bits per heavy atom. The Balaban J connectivity index is 1.59. The van der Waals surface area contributed by atoms with Crippen LogP contribution in [0.15, 0.2) is 42.6 Å². The molecule has 0 aliphatic heterocycles. The highest BCUT2D eigenvalue weighted by atomic mass is 16.5. The number of carbonyl (C=O) groups excluding carboxylic acids is 1. The molecule has 7 nitrogen and oxygen atoms in total. The fourth-order valence-corrected chi connectivity index (χ4v) is 2.86. The Morgan fingerprint density at radius 3 is 2.42 bits per heavy atom. The maximum atomic E-state index is 12.2. The molecule has 0 saturated heterocycles. The molecule has 0 radical (unpaired) electrons. The lowest BCUT2D eigenvalue weighted by Crippen LogP contribution is -2.34. The first-order chi connectivity index (χ1) is 12.5. The average molecular weight is 356 g/mol. The second kappa shape index (κ2) is 7.97. The van der Waals surface area contributed by atoms with Gasteiger partial charge in [0.2, 0.25) is 0 Å². The Bertz CT molecular complexity index is 774. The highest BCUT2D eigenvalue weighted by molar-refractivity contribution is 6.04. The Labute approximate surface area is 150 Å². The molecule has 26 heavy (non-hydrogen) atoms. The summed E-state index contributed by atoms with van der Waals surface area (Å²) in [6.45, 7) is 0. The van der Waals surface area contributed by atoms with Gasteiger partial charge in [-0.1, -0.05) is 6.42 Å². The molecule has 1 saturated carbocycles. The predicted molar refractivity (Wildman–Crippen MR) is 94.5 cm³/mol. The Kier molecular flexibility index (Phi) is 5.48. The van der Waals surface area contributed by atoms with Gasteiger partial charge in [-0.15, -0.1) is 0 Å². The van der Waals surface area contributed by atoms with E-state index in [0.717, 1.165) is 25.7 Å². The van der Waals surface area contributed by atoms with Crippen LogP contribution in [0, 0.1) is 0 Å². The number of ether oxygens (including phenoxy) is 1. The van der Waals surface area contributed by atoms with Gasteiger partial charge in [0.05, 0.1) is 11.7 Å². The molecule has 3 rings (SSSR count). The van der Waals surface area contributed by atoms with Gasteiger partial charge in [-0.05, 0) is 55.7 Å². The summed E-state index contributed by atoms with van der Waals surface area (Å²) < 4.78 is 5.82. The number of carbonyl (C=O) groups is 2. The number of nitrogens with zero attached hydrogens (tertiary/aromatic N) is 1. The van der Waals surface area contributed by atoms with Crippen molar-refractivity contribution < 1.29 is 24.5 Å². The van der Waals surface area contributed by atoms with Gasteiger partial charge in [0.25, 0.3) is 5.91 Å². The van der Waals surface area contributed by atoms with Gasteiger partial charge in [-0.3, -0.25) is 4.79 Å². The monoisotopic (exact) mass is 356 g/mol. The quantitative estimate of drug-likeness (QED) is 0.760. The number of benzene rings is 1. The molecule has 0 bridgehead atoms. The summed E-state index contributed by atoms with van der Waals surface area (Å²) in [4.78, 5) is 26.7. The summed E-state index contributed by atoms with van der Waals surface area (Å²) in [5, 5.41) is 21.5. The fourth-order valence-electron chi connectivity index (χ4n) is 2.86. The first kappa shape index (κ1) is 17.9. The van der Waals surface area contributed by atoms with E-state index in [0.29, 0.717) is 11.4 Å². The number of aliphatic hydroxyl groups excluding tert-OH is 1. The molecule has 2 aromatic rings. The van der Waals surface area contributed by atoms with Crippen molar-refractivity contribution in [1.82, 2.24) is 4.98 Å². The lowest BCUT2D eigenvalue weighted by Gasteiger charge is -2.28. The zero-order valence-corrected chi connectivity index (χ0v) is 14.1. The topological polar surface area (TPSA) is 109 Å². The van der Waals surface area contributed by atoms with Crippen molar-refractivity contribution in [2.24, 2.45) is 0 Å². The predicted octanol–water partition coefficient (Wildman–Crippen LogP) is 2.71. The minimum absolute atomic E-state index is 0.118. The van der Waals surface area contributed by atoms with Crippen LogP contribution >= 0.6 is 0 Å². The van der Waals surface area contributed by atoms with E-state index in [1.807, 2.05) is 0 Å². The number of carboxylic acid groups (broad SMARTS) is 1. The van der Waals surface area contributed by atoms with Crippen LogP contribution in [0.5, 0.6) is 5.75 Å². The first-order valence-corrected chi connectivity index (χ1v) is 8.48. The van der Waals surface area contributed by atoms with Crippen LogP contribution in [0.2, 0.25) is 0 Å². The van der Waals surface area contributed by atoms with Crippen molar-refractivity contribution >= 4 is 17.6 Å². The lowest BCUT2D eigenvalue weighted by atomic mass is 9.95. The van der Waals surface area contributed by atoms with Crippen LogP contribution < -0.4 is 10.1 Å². The third kappa shape index (κ3) is 4.37. The molecular formula is C19H20N2O5. The molecule has 2 unspecified atom stereocenters. The van der Waals surface area contributed by atoms with Gasteiger partial charge in [0.1, 0.15) is 17.5 Å². The maximum absolute atomic E-state index is 12.2. The second-order valence-corrected chi connectivity index (χ2v) is 6.22. The molecule has 2 atom stereocenters. The number of aliphatic hydroxyl groups is 1. The number of pyridine rings is 1. The molecule has 3 N–H and O–H groups in total. The zero-order valence-electron chi connectivity index (χ0n) is 14.1. The van der Waals surface area contributed by atoms with Crippen LogP contribution in [0.3, 0.4) is 0 Å². The molecule has 1 amide bonds. The Morgan fingerprint density at radius 1 is 1.08 bits per heavy atom. The molecule has 1 aliphatic rings. The number of aromatic carboxylic acids is 1. The minimum Gasteiger partial charge on any atom is -0.488 e. The number of nitrogens with one attached hydrogen (secondary N) is 1. The minimum atomic E-state index is -1.14. The number of hydrogen-bond acceptors (Lipinski definition) is 5. The van der Waals surface area contributed by atoms with Gasteiger partial charge in [0.15, 0.2) is 0 Å². The standard InChI is InChI=1S/C19H20N2O5/c22-16-3-1-2-4-17(16)26-14-8-6-13(7-9-14)21-18(23)12-5-10-15(19(24)25)20-11-12/h5-11,16-17,22H,1-4H2,(H,21,23)(H,24,25). The largest absolute Gasteiger partial charge is 0.488 e. The molecule has 136 valence electrons. The smallest absolute Gasteiger partial charge is 0.354 e. The second-order valence-electron chi connectivity index (χ2n) is 6.22. The van der Waals surface area contributed by atoms with Crippen molar-refractivity contribution in [1.29, 1.82) is 0 Å². The van der Waals surface area contributed by atoms with Gasteiger partial charge in [0, 0.05) is 11.9 Å². The lowest BCUT2D eigenvalue weighted by molar-refractivity contribution is 0.00688. The third-order valence-electron chi connectivity index (χ3n) is 4.31. The van der Waals surface area contributed by atoms with E-state index in [9.17, 15) is 14.7 Å². The normalized spacial score (nSPS) is 19.6. The molecule has 1 aliphatic carbocycles. The summed E-state index contributed by atoms with van der Waals surface area (Å²) in [6, 6.07) is 9.59. The number of rotatable bonds is 5. The van der Waals surface area contributed by atoms with Crippen molar-refractivity contribution in [3.63, 3.8) is 0 Å². The maximum Gasteiger partial charge on any atom is 0.354 e. The highest BCUT2D eigenvalue weighted by Crippen LogP contribution is 2.25. The molecule has 1 aromatic heterocycles. The van der Waals surface area contributed by atoms with Crippen LogP contribution in [0.1, 0.15) is 46.5 Å². The summed E-state index contributed by atoms with van der Waals surface area (Å²) >= 11 is 0. The SMILES string of the molecule is O=C(Nc1ccc(OC2CCCCC2O)cc1)c1ccc(C(=O)O)nc1. The molecule has 1 fully saturated rings. The number of amides is 1. The van der Waals surface area contributed by atoms with Gasteiger partial charge < -0.3 is 20.3 Å². The van der Waals surface area contributed by atoms with E-state index in [2.05, 4.69) is 10.3 Å². The van der Waals surface area contributed by atoms with Crippen LogP contribution in [0.4, 0.5) is 5.69 Å². The van der Waals surface area contributed by atoms with Crippen molar-refractivity contribution in [2.75, 3.05) is 5.32 Å². The molecule has 1 heterocycles. The van der Waals surface area contributed by atoms with E-state index in [4.69, 9.17) is 9.84 Å². The summed E-state index contributed by atoms with van der Waals surface area (Å²) in [6.07, 6.45) is 4.25. The Hall–Kier alpha value is -2.93. The molecule has 1 aromatic carbocycles. The molecular weight excluding hydrogens is 336 g/mol. The van der Waals surface area contributed by atoms with Crippen molar-refractivity contribution in [2.45, 2.75) is 37.9 Å². The highest BCUT2D eigenvalue weighted by Gasteiger charge is 2.24. The molecule has 0 spiro atoms. The van der Waals surface area contributed by atoms with Gasteiger partial charge in [-0.2, -0.15) is 0 Å². The van der Waals surface area contributed by atoms with Gasteiger partial charge in [-0.25, -0.2) is 9.78 Å². The van der Waals surface area contributed by atoms with Crippen molar-refractivity contribution in [3.8, 4) is 5.75 Å². The number of carboxylic acids is 1. The zero-order chi connectivity index (χ0) is 18.5. The third-order valence-corrected chi connectivity index (χ3v) is 4.31. The van der Waals surface area contributed by atoms with E-state index in [-0.39, 0.29) is 23.3 Å². The average Bonchev–Trinajstić information content (AvgIpc) is 2.65. The number of aromatic nitrogens is 1. The van der Waals surface area contributed by atoms with E-state index < -0.39 is 12.1 Å². The number of hydrogen-bond donors (Lipinski definition) is 3. The summed E-state index contributed by atoms with van der Waals surface area (Å²) in [5.74, 6) is -0.886. The molecule has 7 heteroatoms. The van der Waals surface area contributed by atoms with Crippen LogP contribution in [-0.4, -0.2) is 39.3 Å². The van der Waals surface area contributed by atoms with Crippen molar-refractivity contribution in [3.05, 3.63) is 53.9 Å². The summed E-state index contributed by atoms with van der Waals surface area (Å²) in [5.41, 5.74) is 0.725.